The quantitative estimate of drug-likeness (QED) is 0.721. The third kappa shape index (κ3) is 3.55. The van der Waals surface area contributed by atoms with Crippen molar-refractivity contribution in [3.05, 3.63) is 75.5 Å². The highest BCUT2D eigenvalue weighted by Crippen LogP contribution is 2.21. The van der Waals surface area contributed by atoms with Gasteiger partial charge in [0.15, 0.2) is 0 Å². The van der Waals surface area contributed by atoms with Crippen LogP contribution in [0.25, 0.3) is 0 Å². The number of hydrogen-bond acceptors (Lipinski definition) is 3. The number of benzene rings is 1. The molecular weight excluding hydrogens is 320 g/mol. The summed E-state index contributed by atoms with van der Waals surface area (Å²) in [7, 11) is 0. The molecule has 3 rings (SSSR count). The number of carbonyl (C=O) groups is 1. The van der Waals surface area contributed by atoms with Gasteiger partial charge in [-0.3, -0.25) is 19.3 Å². The summed E-state index contributed by atoms with van der Waals surface area (Å²) in [4.78, 5) is 22.8. The minimum Gasteiger partial charge on any atom is -0.477 e. The van der Waals surface area contributed by atoms with E-state index in [9.17, 15) is 9.59 Å². The number of carboxylic acid groups (broad SMARTS) is 1. The third-order valence-electron chi connectivity index (χ3n) is 4.17. The van der Waals surface area contributed by atoms with E-state index in [0.29, 0.717) is 6.54 Å². The predicted octanol–water partition coefficient (Wildman–Crippen LogP) is 2.43. The lowest BCUT2D eigenvalue weighted by atomic mass is 10.0. The van der Waals surface area contributed by atoms with E-state index < -0.39 is 11.5 Å². The summed E-state index contributed by atoms with van der Waals surface area (Å²) in [5.74, 6) is -1.22. The first kappa shape index (κ1) is 16.8. The molecule has 2 N–H and O–H groups in total. The number of aromatic carboxylic acids is 1. The van der Waals surface area contributed by atoms with E-state index in [1.165, 1.54) is 6.20 Å². The molecule has 0 spiro atoms. The molecule has 0 aliphatic rings. The summed E-state index contributed by atoms with van der Waals surface area (Å²) in [6.07, 6.45) is 5.89. The van der Waals surface area contributed by atoms with Gasteiger partial charge in [0.1, 0.15) is 5.56 Å². The number of aromatic amines is 1. The van der Waals surface area contributed by atoms with Gasteiger partial charge in [-0.2, -0.15) is 5.10 Å². The number of nitrogens with zero attached hydrogens (tertiary/aromatic N) is 3. The maximum absolute atomic E-state index is 11.7. The van der Waals surface area contributed by atoms with Gasteiger partial charge in [-0.15, -0.1) is 0 Å². The SMILES string of the molecule is CCC(c1ccc(Cn2cc(C)cn2)cc1)n1cc(C(=O)O)c(=O)[nH]1. The number of rotatable bonds is 6. The zero-order valence-corrected chi connectivity index (χ0v) is 14.1. The lowest BCUT2D eigenvalue weighted by Crippen LogP contribution is -2.15. The molecule has 0 saturated heterocycles. The molecule has 0 aliphatic carbocycles. The molecule has 7 heteroatoms. The second-order valence-corrected chi connectivity index (χ2v) is 6.08. The van der Waals surface area contributed by atoms with Crippen LogP contribution in [0.2, 0.25) is 0 Å². The maximum atomic E-state index is 11.7. The highest BCUT2D eigenvalue weighted by molar-refractivity contribution is 5.86. The van der Waals surface area contributed by atoms with Crippen LogP contribution in [0.3, 0.4) is 0 Å². The fraction of sp³-hybridized carbons (Fsp3) is 0.278. The van der Waals surface area contributed by atoms with Crippen LogP contribution in [0, 0.1) is 6.92 Å². The first-order valence-corrected chi connectivity index (χ1v) is 8.10. The number of hydrogen-bond donors (Lipinski definition) is 2. The van der Waals surface area contributed by atoms with Crippen molar-refractivity contribution in [2.24, 2.45) is 0 Å². The number of aryl methyl sites for hydroxylation is 1. The van der Waals surface area contributed by atoms with Crippen molar-refractivity contribution in [2.45, 2.75) is 32.9 Å². The van der Waals surface area contributed by atoms with Crippen molar-refractivity contribution >= 4 is 5.97 Å². The molecule has 0 radical (unpaired) electrons. The Kier molecular flexibility index (Phi) is 4.56. The second-order valence-electron chi connectivity index (χ2n) is 6.08. The van der Waals surface area contributed by atoms with Gasteiger partial charge in [-0.05, 0) is 30.0 Å². The van der Waals surface area contributed by atoms with Crippen LogP contribution in [-0.2, 0) is 6.54 Å². The molecule has 0 bridgehead atoms. The Morgan fingerprint density at radius 2 is 2.00 bits per heavy atom. The zero-order valence-electron chi connectivity index (χ0n) is 14.1. The van der Waals surface area contributed by atoms with E-state index in [-0.39, 0.29) is 11.6 Å². The topological polar surface area (TPSA) is 92.9 Å². The number of nitrogens with one attached hydrogen (secondary N) is 1. The Morgan fingerprint density at radius 3 is 2.52 bits per heavy atom. The monoisotopic (exact) mass is 340 g/mol. The van der Waals surface area contributed by atoms with Crippen LogP contribution >= 0.6 is 0 Å². The fourth-order valence-electron chi connectivity index (χ4n) is 2.91. The summed E-state index contributed by atoms with van der Waals surface area (Å²) in [6, 6.07) is 7.92. The van der Waals surface area contributed by atoms with Crippen molar-refractivity contribution in [3.8, 4) is 0 Å². The van der Waals surface area contributed by atoms with Crippen LogP contribution in [0.4, 0.5) is 0 Å². The number of carboxylic acids is 1. The Morgan fingerprint density at radius 1 is 1.28 bits per heavy atom. The van der Waals surface area contributed by atoms with Crippen molar-refractivity contribution < 1.29 is 9.90 Å². The number of aromatic nitrogens is 4. The molecular formula is C18H20N4O3. The number of H-pyrrole nitrogens is 1. The molecule has 130 valence electrons. The lowest BCUT2D eigenvalue weighted by Gasteiger charge is -2.17. The molecule has 1 unspecified atom stereocenters. The Hall–Kier alpha value is -3.09. The van der Waals surface area contributed by atoms with Crippen LogP contribution in [0.5, 0.6) is 0 Å². The summed E-state index contributed by atoms with van der Waals surface area (Å²) < 4.78 is 3.45. The molecule has 25 heavy (non-hydrogen) atoms. The van der Waals surface area contributed by atoms with Gasteiger partial charge in [0.05, 0.1) is 18.8 Å². The van der Waals surface area contributed by atoms with Crippen LogP contribution in [-0.4, -0.2) is 30.6 Å². The van der Waals surface area contributed by atoms with Gasteiger partial charge in [0.2, 0.25) is 0 Å². The molecule has 0 amide bonds. The summed E-state index contributed by atoms with van der Waals surface area (Å²) >= 11 is 0. The van der Waals surface area contributed by atoms with Gasteiger partial charge in [0.25, 0.3) is 5.56 Å². The molecule has 0 saturated carbocycles. The van der Waals surface area contributed by atoms with Gasteiger partial charge in [-0.1, -0.05) is 31.2 Å². The van der Waals surface area contributed by atoms with E-state index in [0.717, 1.165) is 23.1 Å². The average molecular weight is 340 g/mol. The minimum absolute atomic E-state index is 0.123. The lowest BCUT2D eigenvalue weighted by molar-refractivity contribution is 0.0695. The summed E-state index contributed by atoms with van der Waals surface area (Å²) in [5.41, 5.74) is 2.41. The van der Waals surface area contributed by atoms with Crippen molar-refractivity contribution in [3.63, 3.8) is 0 Å². The normalized spacial score (nSPS) is 12.2. The smallest absolute Gasteiger partial charge is 0.342 e. The summed E-state index contributed by atoms with van der Waals surface area (Å²) in [5, 5.41) is 15.9. The highest BCUT2D eigenvalue weighted by atomic mass is 16.4. The molecule has 1 aromatic carbocycles. The van der Waals surface area contributed by atoms with Gasteiger partial charge < -0.3 is 5.11 Å². The minimum atomic E-state index is -1.22. The van der Waals surface area contributed by atoms with E-state index in [1.54, 1.807) is 4.68 Å². The van der Waals surface area contributed by atoms with E-state index in [4.69, 9.17) is 5.11 Å². The highest BCUT2D eigenvalue weighted by Gasteiger charge is 2.17. The van der Waals surface area contributed by atoms with Gasteiger partial charge in [-0.25, -0.2) is 4.79 Å². The van der Waals surface area contributed by atoms with E-state index in [1.807, 2.05) is 55.2 Å². The van der Waals surface area contributed by atoms with Crippen molar-refractivity contribution in [1.29, 1.82) is 0 Å². The third-order valence-corrected chi connectivity index (χ3v) is 4.17. The van der Waals surface area contributed by atoms with Gasteiger partial charge in [0, 0.05) is 12.4 Å². The zero-order chi connectivity index (χ0) is 18.0. The van der Waals surface area contributed by atoms with Crippen molar-refractivity contribution in [2.75, 3.05) is 0 Å². The largest absolute Gasteiger partial charge is 0.477 e. The van der Waals surface area contributed by atoms with Gasteiger partial charge >= 0.3 is 5.97 Å². The molecule has 1 atom stereocenters. The molecule has 2 aromatic heterocycles. The van der Waals surface area contributed by atoms with Crippen molar-refractivity contribution in [1.82, 2.24) is 19.6 Å². The summed E-state index contributed by atoms with van der Waals surface area (Å²) in [6.45, 7) is 4.68. The first-order chi connectivity index (χ1) is 12.0. The standard InChI is InChI=1S/C18H20N4O3/c1-3-16(22-11-15(18(24)25)17(23)20-22)14-6-4-13(5-7-14)10-21-9-12(2)8-19-21/h4-9,11,16H,3,10H2,1-2H3,(H,20,23)(H,24,25). The molecule has 0 fully saturated rings. The maximum Gasteiger partial charge on any atom is 0.342 e. The Balaban J connectivity index is 1.83. The molecule has 0 aliphatic heterocycles. The molecule has 3 aromatic rings. The first-order valence-electron chi connectivity index (χ1n) is 8.10. The van der Waals surface area contributed by atoms with Crippen LogP contribution < -0.4 is 5.56 Å². The fourth-order valence-corrected chi connectivity index (χ4v) is 2.91. The van der Waals surface area contributed by atoms with E-state index >= 15 is 0 Å². The Labute approximate surface area is 144 Å². The predicted molar refractivity (Wildman–Crippen MR) is 93.0 cm³/mol. The Bertz CT molecular complexity index is 934. The average Bonchev–Trinajstić information content (AvgIpc) is 3.16. The second kappa shape index (κ2) is 6.80. The molecule has 7 nitrogen and oxygen atoms in total. The van der Waals surface area contributed by atoms with Crippen LogP contribution in [0.15, 0.2) is 47.7 Å². The van der Waals surface area contributed by atoms with Crippen LogP contribution in [0.1, 0.15) is 46.4 Å². The molecule has 2 heterocycles. The van der Waals surface area contributed by atoms with E-state index in [2.05, 4.69) is 10.2 Å².